The highest BCUT2D eigenvalue weighted by molar-refractivity contribution is 5.89. The van der Waals surface area contributed by atoms with E-state index in [0.29, 0.717) is 6.04 Å². The molecule has 2 N–H and O–H groups in total. The lowest BCUT2D eigenvalue weighted by molar-refractivity contribution is 0.213. The van der Waals surface area contributed by atoms with E-state index in [-0.39, 0.29) is 6.03 Å². The summed E-state index contributed by atoms with van der Waals surface area (Å²) in [4.78, 5) is 14.2. The summed E-state index contributed by atoms with van der Waals surface area (Å²) >= 11 is 0. The summed E-state index contributed by atoms with van der Waals surface area (Å²) in [5, 5.41) is 6.21. The van der Waals surface area contributed by atoms with Gasteiger partial charge in [0.2, 0.25) is 0 Å². The summed E-state index contributed by atoms with van der Waals surface area (Å²) in [5.41, 5.74) is 2.09. The van der Waals surface area contributed by atoms with Crippen molar-refractivity contribution in [1.82, 2.24) is 10.2 Å². The lowest BCUT2D eigenvalue weighted by atomic mass is 10.0. The number of nitrogens with zero attached hydrogens (tertiary/aromatic N) is 1. The maximum Gasteiger partial charge on any atom is 0.321 e. The molecule has 1 saturated heterocycles. The lowest BCUT2D eigenvalue weighted by Crippen LogP contribution is -2.35. The Labute approximate surface area is 127 Å². The van der Waals surface area contributed by atoms with Gasteiger partial charge in [0.1, 0.15) is 0 Å². The molecule has 2 rings (SSSR count). The van der Waals surface area contributed by atoms with Crippen molar-refractivity contribution in [3.63, 3.8) is 0 Å². The van der Waals surface area contributed by atoms with E-state index < -0.39 is 0 Å². The molecule has 2 amide bonds. The van der Waals surface area contributed by atoms with Gasteiger partial charge in [-0.2, -0.15) is 0 Å². The highest BCUT2D eigenvalue weighted by Crippen LogP contribution is 2.19. The number of likely N-dealkylation sites (tertiary alicyclic amines) is 1. The molecule has 1 aromatic rings. The number of carbonyl (C=O) groups is 1. The van der Waals surface area contributed by atoms with Gasteiger partial charge in [0.05, 0.1) is 0 Å². The maximum absolute atomic E-state index is 12.3. The molecule has 0 saturated carbocycles. The van der Waals surface area contributed by atoms with Crippen molar-refractivity contribution in [2.75, 3.05) is 25.5 Å². The normalized spacial score (nSPS) is 20.7. The number of urea groups is 1. The van der Waals surface area contributed by atoms with E-state index in [0.717, 1.165) is 37.5 Å². The van der Waals surface area contributed by atoms with Crippen molar-refractivity contribution in [3.05, 3.63) is 29.8 Å². The van der Waals surface area contributed by atoms with E-state index in [1.54, 1.807) is 0 Å². The van der Waals surface area contributed by atoms with Crippen LogP contribution in [0.5, 0.6) is 0 Å². The van der Waals surface area contributed by atoms with Crippen LogP contribution >= 0.6 is 0 Å². The van der Waals surface area contributed by atoms with Gasteiger partial charge in [-0.1, -0.05) is 19.1 Å². The molecule has 2 atom stereocenters. The molecule has 0 aromatic heterocycles. The van der Waals surface area contributed by atoms with Crippen LogP contribution in [-0.4, -0.2) is 31.1 Å². The largest absolute Gasteiger partial charge is 0.325 e. The highest BCUT2D eigenvalue weighted by Gasteiger charge is 2.18. The van der Waals surface area contributed by atoms with Crippen molar-refractivity contribution in [2.45, 2.75) is 39.2 Å². The fourth-order valence-electron chi connectivity index (χ4n) is 2.69. The van der Waals surface area contributed by atoms with Crippen LogP contribution in [0.1, 0.15) is 44.7 Å². The average molecular weight is 289 g/mol. The number of nitrogens with one attached hydrogen (secondary N) is 2. The Morgan fingerprint density at radius 2 is 1.95 bits per heavy atom. The molecule has 0 bridgehead atoms. The zero-order valence-corrected chi connectivity index (χ0v) is 13.4. The fourth-order valence-corrected chi connectivity index (χ4v) is 2.69. The average Bonchev–Trinajstić information content (AvgIpc) is 2.72. The number of benzene rings is 1. The minimum atomic E-state index is 0.0264. The third-order valence-corrected chi connectivity index (χ3v) is 4.40. The predicted molar refractivity (Wildman–Crippen MR) is 87.5 cm³/mol. The fraction of sp³-hybridized carbons (Fsp3) is 0.588. The van der Waals surface area contributed by atoms with Gasteiger partial charge in [0.25, 0.3) is 0 Å². The Hall–Kier alpha value is -1.55. The molecule has 1 heterocycles. The van der Waals surface area contributed by atoms with Gasteiger partial charge >= 0.3 is 6.03 Å². The Balaban J connectivity index is 1.93. The van der Waals surface area contributed by atoms with E-state index in [4.69, 9.17) is 0 Å². The molecule has 4 heteroatoms. The molecule has 21 heavy (non-hydrogen) atoms. The van der Waals surface area contributed by atoms with Crippen molar-refractivity contribution in [1.29, 1.82) is 0 Å². The van der Waals surface area contributed by atoms with E-state index >= 15 is 0 Å². The summed E-state index contributed by atoms with van der Waals surface area (Å²) in [7, 11) is 1.95. The molecule has 0 aliphatic carbocycles. The van der Waals surface area contributed by atoms with E-state index in [1.807, 2.05) is 24.1 Å². The summed E-state index contributed by atoms with van der Waals surface area (Å²) in [6, 6.07) is 8.41. The third kappa shape index (κ3) is 4.46. The van der Waals surface area contributed by atoms with Crippen LogP contribution in [0.4, 0.5) is 10.5 Å². The molecule has 1 aliphatic heterocycles. The molecular weight excluding hydrogens is 262 g/mol. The van der Waals surface area contributed by atoms with Gasteiger partial charge in [-0.25, -0.2) is 4.79 Å². The van der Waals surface area contributed by atoms with Crippen molar-refractivity contribution in [3.8, 4) is 0 Å². The summed E-state index contributed by atoms with van der Waals surface area (Å²) in [6.45, 7) is 6.11. The van der Waals surface area contributed by atoms with Crippen LogP contribution in [0.3, 0.4) is 0 Å². The quantitative estimate of drug-likeness (QED) is 0.892. The first-order chi connectivity index (χ1) is 10.1. The second-order valence-electron chi connectivity index (χ2n) is 6.09. The van der Waals surface area contributed by atoms with Crippen LogP contribution in [0.15, 0.2) is 24.3 Å². The molecule has 4 nitrogen and oxygen atoms in total. The third-order valence-electron chi connectivity index (χ3n) is 4.40. The highest BCUT2D eigenvalue weighted by atomic mass is 16.2. The molecule has 1 fully saturated rings. The van der Waals surface area contributed by atoms with Gasteiger partial charge in [0, 0.05) is 24.8 Å². The Bertz CT molecular complexity index is 458. The molecule has 116 valence electrons. The number of hydrogen-bond acceptors (Lipinski definition) is 2. The number of carbonyl (C=O) groups excluding carboxylic acids is 1. The molecule has 1 aromatic carbocycles. The van der Waals surface area contributed by atoms with Gasteiger partial charge in [0.15, 0.2) is 0 Å². The number of amides is 2. The molecular formula is C17H27N3O. The number of anilines is 1. The first-order valence-electron chi connectivity index (χ1n) is 7.93. The summed E-state index contributed by atoms with van der Waals surface area (Å²) in [6.07, 6.45) is 3.43. The van der Waals surface area contributed by atoms with Crippen molar-refractivity contribution < 1.29 is 4.79 Å². The minimum absolute atomic E-state index is 0.0264. The smallest absolute Gasteiger partial charge is 0.321 e. The van der Waals surface area contributed by atoms with Crippen LogP contribution < -0.4 is 10.6 Å². The standard InChI is InChI=1S/C17H27N3O/c1-13-5-4-11-20(12-10-13)17(21)19-16-8-6-15(7-9-16)14(2)18-3/h6-9,13-14,18H,4-5,10-12H2,1-3H3,(H,19,21). The van der Waals surface area contributed by atoms with Crippen LogP contribution in [0.25, 0.3) is 0 Å². The van der Waals surface area contributed by atoms with Crippen LogP contribution in [-0.2, 0) is 0 Å². The summed E-state index contributed by atoms with van der Waals surface area (Å²) in [5.74, 6) is 0.727. The molecule has 2 unspecified atom stereocenters. The molecule has 0 radical (unpaired) electrons. The lowest BCUT2D eigenvalue weighted by Gasteiger charge is -2.21. The van der Waals surface area contributed by atoms with Gasteiger partial charge < -0.3 is 15.5 Å². The van der Waals surface area contributed by atoms with Crippen molar-refractivity contribution >= 4 is 11.7 Å². The first kappa shape index (κ1) is 15.8. The number of rotatable bonds is 3. The van der Waals surface area contributed by atoms with E-state index in [1.165, 1.54) is 12.0 Å². The monoisotopic (exact) mass is 289 g/mol. The van der Waals surface area contributed by atoms with Gasteiger partial charge in [-0.3, -0.25) is 0 Å². The predicted octanol–water partition coefficient (Wildman–Crippen LogP) is 3.62. The Kier molecular flexibility index (Phi) is 5.62. The Morgan fingerprint density at radius 3 is 2.62 bits per heavy atom. The zero-order chi connectivity index (χ0) is 15.2. The minimum Gasteiger partial charge on any atom is -0.325 e. The topological polar surface area (TPSA) is 44.4 Å². The summed E-state index contributed by atoms with van der Waals surface area (Å²) < 4.78 is 0. The van der Waals surface area contributed by atoms with Gasteiger partial charge in [-0.05, 0) is 56.8 Å². The number of hydrogen-bond donors (Lipinski definition) is 2. The molecule has 0 spiro atoms. The van der Waals surface area contributed by atoms with Gasteiger partial charge in [-0.15, -0.1) is 0 Å². The van der Waals surface area contributed by atoms with E-state index in [9.17, 15) is 4.79 Å². The Morgan fingerprint density at radius 1 is 1.24 bits per heavy atom. The second-order valence-corrected chi connectivity index (χ2v) is 6.09. The SMILES string of the molecule is CNC(C)c1ccc(NC(=O)N2CCCC(C)CC2)cc1. The van der Waals surface area contributed by atoms with E-state index in [2.05, 4.69) is 36.6 Å². The van der Waals surface area contributed by atoms with Crippen molar-refractivity contribution in [2.24, 2.45) is 5.92 Å². The van der Waals surface area contributed by atoms with Crippen LogP contribution in [0.2, 0.25) is 0 Å². The first-order valence-corrected chi connectivity index (χ1v) is 7.93. The van der Waals surface area contributed by atoms with Crippen LogP contribution in [0, 0.1) is 5.92 Å². The molecule has 1 aliphatic rings. The maximum atomic E-state index is 12.3. The zero-order valence-electron chi connectivity index (χ0n) is 13.4. The second kappa shape index (κ2) is 7.46.